The molecule has 8 nitrogen and oxygen atoms in total. The van der Waals surface area contributed by atoms with Crippen molar-refractivity contribution in [2.24, 2.45) is 0 Å². The average Bonchev–Trinajstić information content (AvgIpc) is 3.21. The van der Waals surface area contributed by atoms with Gasteiger partial charge in [0, 0.05) is 10.6 Å². The number of aryl methyl sites for hydroxylation is 1. The lowest BCUT2D eigenvalue weighted by Crippen LogP contribution is -2.03. The van der Waals surface area contributed by atoms with Gasteiger partial charge in [-0.15, -0.1) is 16.4 Å². The van der Waals surface area contributed by atoms with Crippen LogP contribution in [0, 0.1) is 6.92 Å². The van der Waals surface area contributed by atoms with Crippen LogP contribution in [0.3, 0.4) is 0 Å². The Kier molecular flexibility index (Phi) is 3.31. The van der Waals surface area contributed by atoms with Crippen molar-refractivity contribution in [1.82, 2.24) is 39.8 Å². The third kappa shape index (κ3) is 2.46. The van der Waals surface area contributed by atoms with E-state index in [0.717, 1.165) is 10.7 Å². The highest BCUT2D eigenvalue weighted by molar-refractivity contribution is 7.99. The molecule has 4 aromatic rings. The highest BCUT2D eigenvalue weighted by Crippen LogP contribution is 2.26. The largest absolute Gasteiger partial charge is 0.253 e. The molecule has 4 rings (SSSR count). The summed E-state index contributed by atoms with van der Waals surface area (Å²) < 4.78 is 3.46. The van der Waals surface area contributed by atoms with Gasteiger partial charge in [0.05, 0.1) is 6.54 Å². The number of rotatable bonds is 4. The molecule has 0 aliphatic rings. The smallest absolute Gasteiger partial charge is 0.216 e. The van der Waals surface area contributed by atoms with Gasteiger partial charge in [0.1, 0.15) is 11.4 Å². The second kappa shape index (κ2) is 5.46. The van der Waals surface area contributed by atoms with Gasteiger partial charge in [-0.1, -0.05) is 6.07 Å². The normalized spacial score (nSPS) is 11.3. The van der Waals surface area contributed by atoms with E-state index in [4.69, 9.17) is 0 Å². The number of hydrogen-bond acceptors (Lipinski definition) is 8. The molecule has 22 heavy (non-hydrogen) atoms. The van der Waals surface area contributed by atoms with Gasteiger partial charge < -0.3 is 0 Å². The van der Waals surface area contributed by atoms with E-state index in [-0.39, 0.29) is 0 Å². The molecule has 0 N–H and O–H groups in total. The molecule has 0 radical (unpaired) electrons. The van der Waals surface area contributed by atoms with Crippen LogP contribution < -0.4 is 0 Å². The van der Waals surface area contributed by atoms with Gasteiger partial charge in [-0.2, -0.15) is 14.6 Å². The number of aromatic nitrogens is 8. The van der Waals surface area contributed by atoms with Gasteiger partial charge in [-0.05, 0) is 46.6 Å². The molecule has 0 aliphatic carbocycles. The molecule has 0 unspecified atom stereocenters. The van der Waals surface area contributed by atoms with E-state index in [9.17, 15) is 0 Å². The summed E-state index contributed by atoms with van der Waals surface area (Å²) in [5.74, 6) is 0.569. The molecule has 10 heteroatoms. The summed E-state index contributed by atoms with van der Waals surface area (Å²) >= 11 is 3.12. The minimum atomic E-state index is 0.569. The Morgan fingerprint density at radius 2 is 2.32 bits per heavy atom. The monoisotopic (exact) mass is 330 g/mol. The Bertz CT molecular complexity index is 910. The number of thiophene rings is 1. The minimum absolute atomic E-state index is 0.569. The Morgan fingerprint density at radius 1 is 1.36 bits per heavy atom. The van der Waals surface area contributed by atoms with Crippen molar-refractivity contribution in [2.45, 2.75) is 23.7 Å². The van der Waals surface area contributed by atoms with Crippen molar-refractivity contribution in [2.75, 3.05) is 0 Å². The number of fused-ring (bicyclic) bond motifs is 1. The summed E-state index contributed by atoms with van der Waals surface area (Å²) in [5.41, 5.74) is 0.875. The van der Waals surface area contributed by atoms with Crippen LogP contribution in [0.5, 0.6) is 0 Å². The summed E-state index contributed by atoms with van der Waals surface area (Å²) in [4.78, 5) is 9.65. The van der Waals surface area contributed by atoms with E-state index in [1.54, 1.807) is 20.5 Å². The van der Waals surface area contributed by atoms with Crippen LogP contribution in [0.15, 0.2) is 40.1 Å². The lowest BCUT2D eigenvalue weighted by molar-refractivity contribution is 0.607. The molecule has 0 aliphatic heterocycles. The Labute approximate surface area is 133 Å². The molecule has 4 aromatic heterocycles. The summed E-state index contributed by atoms with van der Waals surface area (Å²) in [6, 6.07) is 6.02. The van der Waals surface area contributed by atoms with Gasteiger partial charge >= 0.3 is 0 Å². The molecule has 0 saturated carbocycles. The van der Waals surface area contributed by atoms with Crippen molar-refractivity contribution >= 4 is 28.9 Å². The Hall–Kier alpha value is -2.33. The van der Waals surface area contributed by atoms with Gasteiger partial charge in [-0.3, -0.25) is 0 Å². The first-order valence-corrected chi connectivity index (χ1v) is 8.13. The molecular formula is C12H10N8S2. The Balaban J connectivity index is 1.68. The first-order chi connectivity index (χ1) is 10.8. The predicted octanol–water partition coefficient (Wildman–Crippen LogP) is 1.68. The zero-order chi connectivity index (χ0) is 14.9. The predicted molar refractivity (Wildman–Crippen MR) is 80.9 cm³/mol. The molecule has 110 valence electrons. The van der Waals surface area contributed by atoms with Crippen LogP contribution >= 0.6 is 23.1 Å². The van der Waals surface area contributed by atoms with Crippen molar-refractivity contribution < 1.29 is 0 Å². The molecule has 0 aromatic carbocycles. The molecule has 0 amide bonds. The van der Waals surface area contributed by atoms with Crippen molar-refractivity contribution in [1.29, 1.82) is 0 Å². The maximum Gasteiger partial charge on any atom is 0.253 e. The molecule has 0 fully saturated rings. The minimum Gasteiger partial charge on any atom is -0.216 e. The van der Waals surface area contributed by atoms with Crippen molar-refractivity contribution in [3.05, 3.63) is 40.5 Å². The fraction of sp³-hybridized carbons (Fsp3) is 0.167. The van der Waals surface area contributed by atoms with Crippen LogP contribution in [-0.4, -0.2) is 39.8 Å². The van der Waals surface area contributed by atoms with Crippen LogP contribution in [0.4, 0.5) is 0 Å². The lowest BCUT2D eigenvalue weighted by atomic mass is 10.5. The first-order valence-electron chi connectivity index (χ1n) is 6.43. The number of nitrogens with zero attached hydrogens (tertiary/aromatic N) is 8. The van der Waals surface area contributed by atoms with Gasteiger partial charge in [0.15, 0.2) is 0 Å². The highest BCUT2D eigenvalue weighted by Gasteiger charge is 2.13. The molecule has 4 heterocycles. The maximum absolute atomic E-state index is 4.33. The molecule has 0 bridgehead atoms. The highest BCUT2D eigenvalue weighted by atomic mass is 32.2. The van der Waals surface area contributed by atoms with Crippen LogP contribution in [0.2, 0.25) is 0 Å². The van der Waals surface area contributed by atoms with E-state index < -0.39 is 0 Å². The third-order valence-electron chi connectivity index (χ3n) is 2.93. The quantitative estimate of drug-likeness (QED) is 0.526. The second-order valence-corrected chi connectivity index (χ2v) is 6.53. The van der Waals surface area contributed by atoms with E-state index in [2.05, 4.69) is 36.7 Å². The van der Waals surface area contributed by atoms with Crippen LogP contribution in [0.25, 0.3) is 5.78 Å². The van der Waals surface area contributed by atoms with E-state index in [1.165, 1.54) is 23.0 Å². The van der Waals surface area contributed by atoms with Crippen LogP contribution in [-0.2, 0) is 6.54 Å². The zero-order valence-corrected chi connectivity index (χ0v) is 13.1. The van der Waals surface area contributed by atoms with E-state index >= 15 is 0 Å². The van der Waals surface area contributed by atoms with Crippen LogP contribution in [0.1, 0.15) is 10.6 Å². The molecule has 0 atom stereocenters. The number of tetrazole rings is 1. The number of hydrogen-bond donors (Lipinski definition) is 0. The fourth-order valence-corrected chi connectivity index (χ4v) is 3.58. The van der Waals surface area contributed by atoms with Crippen molar-refractivity contribution in [3.8, 4) is 0 Å². The average molecular weight is 330 g/mol. The summed E-state index contributed by atoms with van der Waals surface area (Å²) in [5, 5.41) is 19.7. The molecular weight excluding hydrogens is 320 g/mol. The summed E-state index contributed by atoms with van der Waals surface area (Å²) in [6.07, 6.45) is 1.49. The first kappa shape index (κ1) is 13.3. The summed E-state index contributed by atoms with van der Waals surface area (Å²) in [6.45, 7) is 2.57. The topological polar surface area (TPSA) is 86.7 Å². The maximum atomic E-state index is 4.33. The lowest BCUT2D eigenvalue weighted by Gasteiger charge is -2.05. The van der Waals surface area contributed by atoms with Gasteiger partial charge in [0.25, 0.3) is 5.78 Å². The second-order valence-electron chi connectivity index (χ2n) is 4.51. The fourth-order valence-electron chi connectivity index (χ4n) is 1.98. The Morgan fingerprint density at radius 3 is 3.18 bits per heavy atom. The van der Waals surface area contributed by atoms with E-state index in [0.29, 0.717) is 17.5 Å². The van der Waals surface area contributed by atoms with Gasteiger partial charge in [-0.25, -0.2) is 9.67 Å². The van der Waals surface area contributed by atoms with E-state index in [1.807, 2.05) is 24.4 Å². The third-order valence-corrected chi connectivity index (χ3v) is 4.76. The molecule has 0 spiro atoms. The summed E-state index contributed by atoms with van der Waals surface area (Å²) in [7, 11) is 0. The standard InChI is InChI=1S/C12H10N8S2/c1-8-5-10(20-11(15-8)13-7-14-20)22-12-16-17-18-19(12)6-9-3-2-4-21-9/h2-5,7H,6H2,1H3. The molecule has 0 saturated heterocycles. The van der Waals surface area contributed by atoms with Crippen molar-refractivity contribution in [3.63, 3.8) is 0 Å². The zero-order valence-electron chi connectivity index (χ0n) is 11.5. The van der Waals surface area contributed by atoms with Gasteiger partial charge in [0.2, 0.25) is 5.16 Å². The SMILES string of the molecule is Cc1cc(Sc2nnnn2Cc2cccs2)n2ncnc2n1.